The van der Waals surface area contributed by atoms with Crippen LogP contribution in [0.25, 0.3) is 10.8 Å². The smallest absolute Gasteiger partial charge is 0.202 e. The van der Waals surface area contributed by atoms with Crippen LogP contribution in [0, 0.1) is 5.82 Å². The van der Waals surface area contributed by atoms with Crippen LogP contribution in [0.2, 0.25) is 0 Å². The van der Waals surface area contributed by atoms with Crippen LogP contribution in [0.4, 0.5) is 4.39 Å². The molecule has 0 aliphatic carbocycles. The highest BCUT2D eigenvalue weighted by Gasteiger charge is 2.22. The Morgan fingerprint density at radius 1 is 1.05 bits per heavy atom. The van der Waals surface area contributed by atoms with E-state index in [1.807, 2.05) is 0 Å². The SMILES string of the molecule is CC(c1ccc(Br)cc1F)n1c(O)c2ccccc2c1O. The van der Waals surface area contributed by atoms with Crippen LogP contribution in [-0.2, 0) is 0 Å². The predicted octanol–water partition coefficient (Wildman–Crippen LogP) is 4.56. The molecule has 5 heteroatoms. The number of aromatic nitrogens is 1. The zero-order chi connectivity index (χ0) is 15.1. The molecule has 0 amide bonds. The molecule has 0 saturated heterocycles. The largest absolute Gasteiger partial charge is 0.494 e. The van der Waals surface area contributed by atoms with Crippen molar-refractivity contribution < 1.29 is 14.6 Å². The van der Waals surface area contributed by atoms with E-state index in [0.717, 1.165) is 0 Å². The van der Waals surface area contributed by atoms with E-state index in [2.05, 4.69) is 15.9 Å². The molecule has 0 spiro atoms. The van der Waals surface area contributed by atoms with Gasteiger partial charge in [-0.2, -0.15) is 0 Å². The van der Waals surface area contributed by atoms with Crippen molar-refractivity contribution in [2.45, 2.75) is 13.0 Å². The van der Waals surface area contributed by atoms with Gasteiger partial charge in [-0.15, -0.1) is 0 Å². The molecule has 0 fully saturated rings. The fourth-order valence-corrected chi connectivity index (χ4v) is 2.91. The number of hydrogen-bond acceptors (Lipinski definition) is 2. The Morgan fingerprint density at radius 2 is 1.62 bits per heavy atom. The molecule has 0 aliphatic heterocycles. The van der Waals surface area contributed by atoms with E-state index in [4.69, 9.17) is 0 Å². The third kappa shape index (κ3) is 2.17. The monoisotopic (exact) mass is 349 g/mol. The summed E-state index contributed by atoms with van der Waals surface area (Å²) >= 11 is 3.21. The highest BCUT2D eigenvalue weighted by atomic mass is 79.9. The molecule has 3 aromatic rings. The minimum atomic E-state index is -0.537. The van der Waals surface area contributed by atoms with Gasteiger partial charge in [-0.25, -0.2) is 4.39 Å². The maximum atomic E-state index is 14.1. The number of aromatic hydroxyl groups is 2. The molecule has 21 heavy (non-hydrogen) atoms. The molecule has 2 N–H and O–H groups in total. The highest BCUT2D eigenvalue weighted by Crippen LogP contribution is 2.40. The lowest BCUT2D eigenvalue weighted by Crippen LogP contribution is -2.07. The maximum absolute atomic E-state index is 14.1. The van der Waals surface area contributed by atoms with E-state index in [-0.39, 0.29) is 11.8 Å². The summed E-state index contributed by atoms with van der Waals surface area (Å²) in [5, 5.41) is 21.7. The molecule has 1 aromatic heterocycles. The Bertz CT molecular complexity index is 790. The Hall–Kier alpha value is -2.01. The van der Waals surface area contributed by atoms with Crippen molar-refractivity contribution in [2.24, 2.45) is 0 Å². The van der Waals surface area contributed by atoms with Crippen molar-refractivity contribution in [2.75, 3.05) is 0 Å². The second-order valence-electron chi connectivity index (χ2n) is 4.90. The first-order valence-corrected chi connectivity index (χ1v) is 7.25. The number of halogens is 2. The highest BCUT2D eigenvalue weighted by molar-refractivity contribution is 9.10. The topological polar surface area (TPSA) is 45.4 Å². The summed E-state index contributed by atoms with van der Waals surface area (Å²) in [5.74, 6) is -0.538. The van der Waals surface area contributed by atoms with Gasteiger partial charge in [-0.3, -0.25) is 4.57 Å². The van der Waals surface area contributed by atoms with Gasteiger partial charge < -0.3 is 10.2 Å². The lowest BCUT2D eigenvalue weighted by Gasteiger charge is -2.17. The van der Waals surface area contributed by atoms with Gasteiger partial charge in [0.25, 0.3) is 0 Å². The summed E-state index contributed by atoms with van der Waals surface area (Å²) < 4.78 is 16.1. The Labute approximate surface area is 129 Å². The molecule has 1 heterocycles. The third-order valence-electron chi connectivity index (χ3n) is 3.67. The first-order chi connectivity index (χ1) is 10.0. The summed E-state index contributed by atoms with van der Waals surface area (Å²) in [6, 6.07) is 11.2. The van der Waals surface area contributed by atoms with Crippen LogP contribution in [0.3, 0.4) is 0 Å². The number of fused-ring (bicyclic) bond motifs is 1. The quantitative estimate of drug-likeness (QED) is 0.712. The lowest BCUT2D eigenvalue weighted by molar-refractivity contribution is 0.358. The molecular formula is C16H13BrFNO2. The van der Waals surface area contributed by atoms with Gasteiger partial charge in [-0.1, -0.05) is 34.1 Å². The maximum Gasteiger partial charge on any atom is 0.202 e. The third-order valence-corrected chi connectivity index (χ3v) is 4.16. The molecule has 0 radical (unpaired) electrons. The van der Waals surface area contributed by atoms with Crippen molar-refractivity contribution in [1.29, 1.82) is 0 Å². The standard InChI is InChI=1S/C16H13BrFNO2/c1-9(11-7-6-10(17)8-14(11)18)19-15(20)12-4-2-3-5-13(12)16(19)21/h2-9,20-21H,1H3. The first kappa shape index (κ1) is 13.9. The van der Waals surface area contributed by atoms with Gasteiger partial charge in [0.15, 0.2) is 0 Å². The van der Waals surface area contributed by atoms with E-state index >= 15 is 0 Å². The van der Waals surface area contributed by atoms with Crippen molar-refractivity contribution >= 4 is 26.7 Å². The van der Waals surface area contributed by atoms with Gasteiger partial charge in [0.2, 0.25) is 11.8 Å². The van der Waals surface area contributed by atoms with E-state index in [1.54, 1.807) is 43.3 Å². The summed E-state index contributed by atoms with van der Waals surface area (Å²) in [5.41, 5.74) is 0.393. The fourth-order valence-electron chi connectivity index (χ4n) is 2.58. The van der Waals surface area contributed by atoms with Gasteiger partial charge in [0.05, 0.1) is 6.04 Å². The summed E-state index contributed by atoms with van der Waals surface area (Å²) in [6.07, 6.45) is 0. The molecule has 2 aromatic carbocycles. The molecule has 0 aliphatic rings. The average molecular weight is 350 g/mol. The van der Waals surface area contributed by atoms with Crippen LogP contribution in [0.15, 0.2) is 46.9 Å². The second kappa shape index (κ2) is 5.07. The summed E-state index contributed by atoms with van der Waals surface area (Å²) in [4.78, 5) is 0. The fraction of sp³-hybridized carbons (Fsp3) is 0.125. The van der Waals surface area contributed by atoms with Crippen molar-refractivity contribution in [1.82, 2.24) is 4.57 Å². The Morgan fingerprint density at radius 3 is 2.14 bits per heavy atom. The minimum Gasteiger partial charge on any atom is -0.494 e. The van der Waals surface area contributed by atoms with Gasteiger partial charge >= 0.3 is 0 Å². The van der Waals surface area contributed by atoms with E-state index in [9.17, 15) is 14.6 Å². The number of benzene rings is 2. The van der Waals surface area contributed by atoms with Crippen molar-refractivity contribution in [3.63, 3.8) is 0 Å². The van der Waals surface area contributed by atoms with Crippen LogP contribution < -0.4 is 0 Å². The number of rotatable bonds is 2. The van der Waals surface area contributed by atoms with Crippen LogP contribution in [0.1, 0.15) is 18.5 Å². The van der Waals surface area contributed by atoms with Crippen LogP contribution >= 0.6 is 15.9 Å². The summed E-state index contributed by atoms with van der Waals surface area (Å²) in [6.45, 7) is 1.73. The number of nitrogens with zero attached hydrogens (tertiary/aromatic N) is 1. The first-order valence-electron chi connectivity index (χ1n) is 6.46. The van der Waals surface area contributed by atoms with E-state index in [1.165, 1.54) is 10.6 Å². The molecular weight excluding hydrogens is 337 g/mol. The van der Waals surface area contributed by atoms with Gasteiger partial charge in [0.1, 0.15) is 5.82 Å². The average Bonchev–Trinajstić information content (AvgIpc) is 2.71. The van der Waals surface area contributed by atoms with Crippen LogP contribution in [0.5, 0.6) is 11.8 Å². The molecule has 108 valence electrons. The minimum absolute atomic E-state index is 0.0714. The molecule has 3 rings (SSSR count). The van der Waals surface area contributed by atoms with Gasteiger partial charge in [0, 0.05) is 20.8 Å². The Kier molecular flexibility index (Phi) is 3.37. The second-order valence-corrected chi connectivity index (χ2v) is 5.82. The molecule has 0 bridgehead atoms. The van der Waals surface area contributed by atoms with E-state index < -0.39 is 11.9 Å². The molecule has 3 nitrogen and oxygen atoms in total. The molecule has 0 saturated carbocycles. The zero-order valence-electron chi connectivity index (χ0n) is 11.2. The van der Waals surface area contributed by atoms with Crippen molar-refractivity contribution in [3.05, 3.63) is 58.3 Å². The molecule has 1 atom stereocenters. The van der Waals surface area contributed by atoms with Crippen molar-refractivity contribution in [3.8, 4) is 11.8 Å². The normalized spacial score (nSPS) is 12.7. The lowest BCUT2D eigenvalue weighted by atomic mass is 10.1. The summed E-state index contributed by atoms with van der Waals surface area (Å²) in [7, 11) is 0. The predicted molar refractivity (Wildman–Crippen MR) is 83.2 cm³/mol. The van der Waals surface area contributed by atoms with Crippen LogP contribution in [-0.4, -0.2) is 14.8 Å². The zero-order valence-corrected chi connectivity index (χ0v) is 12.8. The van der Waals surface area contributed by atoms with Gasteiger partial charge in [-0.05, 0) is 31.2 Å². The van der Waals surface area contributed by atoms with E-state index in [0.29, 0.717) is 20.8 Å². The Balaban J connectivity index is 2.20. The molecule has 1 unspecified atom stereocenters. The number of hydrogen-bond donors (Lipinski definition) is 2.